The molecule has 1 heterocycles. The highest BCUT2D eigenvalue weighted by Gasteiger charge is 2.31. The smallest absolute Gasteiger partial charge is 0.319 e. The maximum atomic E-state index is 11.7. The van der Waals surface area contributed by atoms with Crippen LogP contribution in [0.15, 0.2) is 18.2 Å². The molecular formula is C12H14Cl2N2O2S. The van der Waals surface area contributed by atoms with Gasteiger partial charge in [0.25, 0.3) is 0 Å². The van der Waals surface area contributed by atoms with Gasteiger partial charge in [0.1, 0.15) is 0 Å². The van der Waals surface area contributed by atoms with E-state index in [0.29, 0.717) is 27.9 Å². The molecule has 19 heavy (non-hydrogen) atoms. The molecule has 0 radical (unpaired) electrons. The van der Waals surface area contributed by atoms with Crippen LogP contribution in [0, 0.1) is 0 Å². The van der Waals surface area contributed by atoms with Gasteiger partial charge >= 0.3 is 6.03 Å². The Kier molecular flexibility index (Phi) is 4.84. The highest BCUT2D eigenvalue weighted by molar-refractivity contribution is 7.99. The minimum atomic E-state index is -0.798. The van der Waals surface area contributed by atoms with Gasteiger partial charge in [0.05, 0.1) is 5.60 Å². The molecule has 1 aliphatic heterocycles. The number of carbonyl (C=O) groups is 1. The van der Waals surface area contributed by atoms with Crippen molar-refractivity contribution in [2.45, 2.75) is 12.0 Å². The van der Waals surface area contributed by atoms with Crippen LogP contribution in [0.2, 0.25) is 10.0 Å². The second-order valence-electron chi connectivity index (χ2n) is 4.49. The number of anilines is 1. The molecule has 0 bridgehead atoms. The van der Waals surface area contributed by atoms with Crippen LogP contribution < -0.4 is 10.6 Å². The van der Waals surface area contributed by atoms with E-state index in [0.717, 1.165) is 5.75 Å². The first-order valence-electron chi connectivity index (χ1n) is 5.78. The molecule has 1 aliphatic rings. The highest BCUT2D eigenvalue weighted by atomic mass is 35.5. The Bertz CT molecular complexity index is 459. The average molecular weight is 321 g/mol. The highest BCUT2D eigenvalue weighted by Crippen LogP contribution is 2.27. The first-order valence-corrected chi connectivity index (χ1v) is 7.69. The van der Waals surface area contributed by atoms with Gasteiger partial charge in [-0.1, -0.05) is 23.2 Å². The fourth-order valence-electron chi connectivity index (χ4n) is 1.78. The van der Waals surface area contributed by atoms with E-state index in [1.54, 1.807) is 30.0 Å². The molecule has 4 nitrogen and oxygen atoms in total. The molecule has 3 N–H and O–H groups in total. The quantitative estimate of drug-likeness (QED) is 0.802. The number of benzene rings is 1. The van der Waals surface area contributed by atoms with E-state index in [1.165, 1.54) is 0 Å². The number of amides is 2. The molecule has 0 saturated carbocycles. The third-order valence-corrected chi connectivity index (χ3v) is 4.45. The van der Waals surface area contributed by atoms with Crippen molar-refractivity contribution in [3.05, 3.63) is 28.2 Å². The Morgan fingerprint density at radius 2 is 2.05 bits per heavy atom. The van der Waals surface area contributed by atoms with Crippen molar-refractivity contribution in [3.8, 4) is 0 Å². The van der Waals surface area contributed by atoms with E-state index >= 15 is 0 Å². The van der Waals surface area contributed by atoms with Gasteiger partial charge in [0.2, 0.25) is 0 Å². The number of aliphatic hydroxyl groups is 1. The Morgan fingerprint density at radius 1 is 1.37 bits per heavy atom. The lowest BCUT2D eigenvalue weighted by Gasteiger charge is -2.21. The van der Waals surface area contributed by atoms with Gasteiger partial charge in [-0.3, -0.25) is 0 Å². The molecule has 0 aliphatic carbocycles. The fourth-order valence-corrected chi connectivity index (χ4v) is 3.60. The third-order valence-electron chi connectivity index (χ3n) is 2.78. The minimum absolute atomic E-state index is 0.236. The van der Waals surface area contributed by atoms with Crippen molar-refractivity contribution in [1.29, 1.82) is 0 Å². The summed E-state index contributed by atoms with van der Waals surface area (Å²) < 4.78 is 0. The van der Waals surface area contributed by atoms with Crippen LogP contribution in [0.5, 0.6) is 0 Å². The monoisotopic (exact) mass is 320 g/mol. The van der Waals surface area contributed by atoms with Crippen LogP contribution >= 0.6 is 35.0 Å². The summed E-state index contributed by atoms with van der Waals surface area (Å²) in [4.78, 5) is 11.7. The van der Waals surface area contributed by atoms with Gasteiger partial charge < -0.3 is 15.7 Å². The van der Waals surface area contributed by atoms with Crippen LogP contribution in [-0.4, -0.2) is 34.8 Å². The first kappa shape index (κ1) is 14.8. The molecule has 2 rings (SSSR count). The van der Waals surface area contributed by atoms with Crippen molar-refractivity contribution in [2.75, 3.05) is 23.4 Å². The van der Waals surface area contributed by atoms with Gasteiger partial charge in [-0.2, -0.15) is 11.8 Å². The molecule has 1 saturated heterocycles. The van der Waals surface area contributed by atoms with Crippen LogP contribution in [0.25, 0.3) is 0 Å². The molecule has 1 unspecified atom stereocenters. The largest absolute Gasteiger partial charge is 0.387 e. The van der Waals surface area contributed by atoms with Gasteiger partial charge in [0, 0.05) is 28.0 Å². The maximum Gasteiger partial charge on any atom is 0.319 e. The van der Waals surface area contributed by atoms with Gasteiger partial charge in [-0.05, 0) is 30.4 Å². The predicted molar refractivity (Wildman–Crippen MR) is 80.4 cm³/mol. The molecule has 2 amide bonds. The van der Waals surface area contributed by atoms with Crippen molar-refractivity contribution >= 4 is 46.7 Å². The van der Waals surface area contributed by atoms with Gasteiger partial charge in [-0.25, -0.2) is 4.79 Å². The summed E-state index contributed by atoms with van der Waals surface area (Å²) >= 11 is 13.4. The third kappa shape index (κ3) is 4.45. The zero-order valence-corrected chi connectivity index (χ0v) is 12.4. The molecule has 1 atom stereocenters. The maximum absolute atomic E-state index is 11.7. The van der Waals surface area contributed by atoms with E-state index in [9.17, 15) is 9.90 Å². The van der Waals surface area contributed by atoms with E-state index < -0.39 is 5.60 Å². The topological polar surface area (TPSA) is 61.4 Å². The Balaban J connectivity index is 1.87. The molecule has 0 spiro atoms. The van der Waals surface area contributed by atoms with Crippen molar-refractivity contribution in [3.63, 3.8) is 0 Å². The number of nitrogens with one attached hydrogen (secondary N) is 2. The summed E-state index contributed by atoms with van der Waals surface area (Å²) in [6.07, 6.45) is 0.695. The molecule has 1 aromatic carbocycles. The van der Waals surface area contributed by atoms with E-state index in [-0.39, 0.29) is 12.6 Å². The summed E-state index contributed by atoms with van der Waals surface area (Å²) in [6.45, 7) is 0.236. The summed E-state index contributed by atoms with van der Waals surface area (Å²) in [7, 11) is 0. The molecule has 104 valence electrons. The van der Waals surface area contributed by atoms with E-state index in [2.05, 4.69) is 10.6 Å². The number of carbonyl (C=O) groups excluding carboxylic acids is 1. The zero-order chi connectivity index (χ0) is 13.9. The predicted octanol–water partition coefficient (Wildman–Crippen LogP) is 2.98. The van der Waals surface area contributed by atoms with Crippen LogP contribution in [0.3, 0.4) is 0 Å². The number of urea groups is 1. The second kappa shape index (κ2) is 6.22. The van der Waals surface area contributed by atoms with E-state index in [4.69, 9.17) is 23.2 Å². The number of hydrogen-bond donors (Lipinski definition) is 3. The standard InChI is InChI=1S/C12H14Cl2N2O2S/c13-8-3-9(14)5-10(4-8)16-11(17)15-6-12(18)1-2-19-7-12/h3-5,18H,1-2,6-7H2,(H2,15,16,17). The zero-order valence-electron chi connectivity index (χ0n) is 10.1. The Labute approximate surface area is 125 Å². The fraction of sp³-hybridized carbons (Fsp3) is 0.417. The van der Waals surface area contributed by atoms with Crippen molar-refractivity contribution in [1.82, 2.24) is 5.32 Å². The number of halogens is 2. The first-order chi connectivity index (χ1) is 8.97. The number of rotatable bonds is 3. The van der Waals surface area contributed by atoms with Crippen LogP contribution in [0.4, 0.5) is 10.5 Å². The lowest BCUT2D eigenvalue weighted by molar-refractivity contribution is 0.0706. The van der Waals surface area contributed by atoms with Gasteiger partial charge in [0.15, 0.2) is 0 Å². The normalized spacial score (nSPS) is 22.3. The Hall–Kier alpha value is -0.620. The summed E-state index contributed by atoms with van der Waals surface area (Å²) in [5, 5.41) is 16.3. The van der Waals surface area contributed by atoms with Crippen LogP contribution in [-0.2, 0) is 0 Å². The minimum Gasteiger partial charge on any atom is -0.387 e. The number of thioether (sulfide) groups is 1. The van der Waals surface area contributed by atoms with Crippen molar-refractivity contribution < 1.29 is 9.90 Å². The summed E-state index contributed by atoms with van der Waals surface area (Å²) in [5.41, 5.74) is -0.281. The Morgan fingerprint density at radius 3 is 2.63 bits per heavy atom. The van der Waals surface area contributed by atoms with Crippen LogP contribution in [0.1, 0.15) is 6.42 Å². The summed E-state index contributed by atoms with van der Waals surface area (Å²) in [5.74, 6) is 1.57. The molecule has 7 heteroatoms. The lowest BCUT2D eigenvalue weighted by Crippen LogP contribution is -2.44. The molecular weight excluding hydrogens is 307 g/mol. The summed E-state index contributed by atoms with van der Waals surface area (Å²) in [6, 6.07) is 4.41. The number of hydrogen-bond acceptors (Lipinski definition) is 3. The van der Waals surface area contributed by atoms with E-state index in [1.807, 2.05) is 0 Å². The molecule has 0 aromatic heterocycles. The average Bonchev–Trinajstić information content (AvgIpc) is 2.73. The second-order valence-corrected chi connectivity index (χ2v) is 6.47. The molecule has 1 fully saturated rings. The van der Waals surface area contributed by atoms with Gasteiger partial charge in [-0.15, -0.1) is 0 Å². The lowest BCUT2D eigenvalue weighted by atomic mass is 10.0. The molecule has 1 aromatic rings. The SMILES string of the molecule is O=C(NCC1(O)CCSC1)Nc1cc(Cl)cc(Cl)c1. The van der Waals surface area contributed by atoms with Crippen molar-refractivity contribution in [2.24, 2.45) is 0 Å².